The fraction of sp³-hybridized carbons (Fsp3) is 0.417. The van der Waals surface area contributed by atoms with Crippen molar-refractivity contribution >= 4 is 33.5 Å². The van der Waals surface area contributed by atoms with Gasteiger partial charge in [0, 0.05) is 6.61 Å². The molecule has 0 saturated carbocycles. The van der Waals surface area contributed by atoms with E-state index in [0.717, 1.165) is 31.4 Å². The van der Waals surface area contributed by atoms with Crippen molar-refractivity contribution in [1.82, 2.24) is 9.78 Å². The van der Waals surface area contributed by atoms with Gasteiger partial charge in [0.15, 0.2) is 6.23 Å². The summed E-state index contributed by atoms with van der Waals surface area (Å²) in [5.74, 6) is -0.214. The lowest BCUT2D eigenvalue weighted by Gasteiger charge is -2.23. The molecule has 0 bridgehead atoms. The third-order valence-electron chi connectivity index (χ3n) is 3.07. The van der Waals surface area contributed by atoms with Crippen molar-refractivity contribution in [2.75, 3.05) is 6.61 Å². The molecule has 2 aromatic rings. The second-order valence-corrected chi connectivity index (χ2v) is 5.21. The molecule has 0 N–H and O–H groups in total. The van der Waals surface area contributed by atoms with E-state index in [9.17, 15) is 4.39 Å². The van der Waals surface area contributed by atoms with Gasteiger partial charge in [-0.05, 0) is 54.0 Å². The summed E-state index contributed by atoms with van der Waals surface area (Å²) in [4.78, 5) is 0. The fourth-order valence-corrected chi connectivity index (χ4v) is 3.01. The molecular formula is C12H12FIN2O. The molecule has 17 heavy (non-hydrogen) atoms. The smallest absolute Gasteiger partial charge is 0.150 e. The third-order valence-corrected chi connectivity index (χ3v) is 3.82. The molecule has 1 saturated heterocycles. The molecule has 90 valence electrons. The highest BCUT2D eigenvalue weighted by Crippen LogP contribution is 2.29. The highest BCUT2D eigenvalue weighted by atomic mass is 127. The maximum atomic E-state index is 13.7. The maximum absolute atomic E-state index is 13.7. The Balaban J connectivity index is 2.13. The lowest BCUT2D eigenvalue weighted by Crippen LogP contribution is -2.19. The van der Waals surface area contributed by atoms with Crippen molar-refractivity contribution in [3.63, 3.8) is 0 Å². The van der Waals surface area contributed by atoms with Crippen LogP contribution in [0.2, 0.25) is 0 Å². The Morgan fingerprint density at radius 3 is 3.06 bits per heavy atom. The van der Waals surface area contributed by atoms with E-state index in [-0.39, 0.29) is 12.0 Å². The minimum absolute atomic E-state index is 0.0448. The van der Waals surface area contributed by atoms with E-state index in [1.807, 2.05) is 10.7 Å². The zero-order chi connectivity index (χ0) is 11.8. The molecule has 0 amide bonds. The van der Waals surface area contributed by atoms with Crippen LogP contribution in [0, 0.1) is 9.52 Å². The van der Waals surface area contributed by atoms with E-state index >= 15 is 0 Å². The van der Waals surface area contributed by atoms with Gasteiger partial charge in [0.1, 0.15) is 9.52 Å². The van der Waals surface area contributed by atoms with Gasteiger partial charge in [-0.25, -0.2) is 9.07 Å². The van der Waals surface area contributed by atoms with Crippen LogP contribution >= 0.6 is 22.6 Å². The van der Waals surface area contributed by atoms with Crippen LogP contribution < -0.4 is 0 Å². The largest absolute Gasteiger partial charge is 0.356 e. The highest BCUT2D eigenvalue weighted by Gasteiger charge is 2.21. The lowest BCUT2D eigenvalue weighted by atomic mass is 10.2. The quantitative estimate of drug-likeness (QED) is 0.740. The van der Waals surface area contributed by atoms with Crippen LogP contribution in [-0.2, 0) is 4.74 Å². The Bertz CT molecular complexity index is 549. The Morgan fingerprint density at radius 1 is 1.41 bits per heavy atom. The molecule has 0 radical (unpaired) electrons. The first kappa shape index (κ1) is 11.4. The number of ether oxygens (including phenoxy) is 1. The molecule has 1 fully saturated rings. The average Bonchev–Trinajstić information content (AvgIpc) is 2.69. The summed E-state index contributed by atoms with van der Waals surface area (Å²) in [5, 5.41) is 5.01. The van der Waals surface area contributed by atoms with Crippen LogP contribution in [0.3, 0.4) is 0 Å². The Labute approximate surface area is 112 Å². The first-order chi connectivity index (χ1) is 8.27. The zero-order valence-electron chi connectivity index (χ0n) is 9.20. The molecule has 1 aromatic carbocycles. The van der Waals surface area contributed by atoms with Gasteiger partial charge in [0.05, 0.1) is 10.9 Å². The number of hydrogen-bond donors (Lipinski definition) is 0. The van der Waals surface area contributed by atoms with Gasteiger partial charge in [-0.15, -0.1) is 0 Å². The number of fused-ring (bicyclic) bond motifs is 1. The van der Waals surface area contributed by atoms with Crippen molar-refractivity contribution in [3.8, 4) is 0 Å². The summed E-state index contributed by atoms with van der Waals surface area (Å²) in [7, 11) is 0. The summed E-state index contributed by atoms with van der Waals surface area (Å²) in [6.45, 7) is 0.762. The molecule has 0 aliphatic carbocycles. The zero-order valence-corrected chi connectivity index (χ0v) is 11.4. The molecule has 0 unspecified atom stereocenters. The van der Waals surface area contributed by atoms with Crippen LogP contribution in [0.5, 0.6) is 0 Å². The van der Waals surface area contributed by atoms with Crippen molar-refractivity contribution in [3.05, 3.63) is 27.7 Å². The normalized spacial score (nSPS) is 20.9. The molecule has 5 heteroatoms. The van der Waals surface area contributed by atoms with E-state index < -0.39 is 0 Å². The predicted molar refractivity (Wildman–Crippen MR) is 71.2 cm³/mol. The van der Waals surface area contributed by atoms with Gasteiger partial charge < -0.3 is 4.74 Å². The molecule has 1 aliphatic heterocycles. The molecule has 1 atom stereocenters. The van der Waals surface area contributed by atoms with Gasteiger partial charge in [-0.2, -0.15) is 5.10 Å². The molecule has 0 spiro atoms. The fourth-order valence-electron chi connectivity index (χ4n) is 2.24. The third kappa shape index (κ3) is 1.95. The lowest BCUT2D eigenvalue weighted by molar-refractivity contribution is -0.0368. The van der Waals surface area contributed by atoms with E-state index in [4.69, 9.17) is 4.74 Å². The first-order valence-electron chi connectivity index (χ1n) is 5.71. The predicted octanol–water partition coefficient (Wildman–Crippen LogP) is 3.48. The SMILES string of the molecule is Fc1cccc2c1c(I)nn2[C@H]1CCCCO1. The van der Waals surface area contributed by atoms with Gasteiger partial charge in [-0.1, -0.05) is 6.07 Å². The summed E-state index contributed by atoms with van der Waals surface area (Å²) < 4.78 is 21.9. The number of rotatable bonds is 1. The number of aromatic nitrogens is 2. The van der Waals surface area contributed by atoms with Crippen molar-refractivity contribution in [2.45, 2.75) is 25.5 Å². The van der Waals surface area contributed by atoms with Crippen molar-refractivity contribution < 1.29 is 9.13 Å². The highest BCUT2D eigenvalue weighted by molar-refractivity contribution is 14.1. The summed E-state index contributed by atoms with van der Waals surface area (Å²) in [5.41, 5.74) is 0.821. The van der Waals surface area contributed by atoms with Crippen molar-refractivity contribution in [2.24, 2.45) is 0 Å². The number of halogens is 2. The van der Waals surface area contributed by atoms with Crippen LogP contribution in [-0.4, -0.2) is 16.4 Å². The Morgan fingerprint density at radius 2 is 2.29 bits per heavy atom. The molecule has 2 heterocycles. The topological polar surface area (TPSA) is 27.1 Å². The van der Waals surface area contributed by atoms with Gasteiger partial charge in [0.25, 0.3) is 0 Å². The molecular weight excluding hydrogens is 334 g/mol. The average molecular weight is 346 g/mol. The summed E-state index contributed by atoms with van der Waals surface area (Å²) >= 11 is 2.07. The van der Waals surface area contributed by atoms with E-state index in [0.29, 0.717) is 9.09 Å². The Hall–Kier alpha value is -0.690. The van der Waals surface area contributed by atoms with E-state index in [1.54, 1.807) is 6.07 Å². The second kappa shape index (κ2) is 4.53. The standard InChI is InChI=1S/C12H12FIN2O/c13-8-4-3-5-9-11(8)12(14)15-16(9)10-6-1-2-7-17-10/h3-5,10H,1-2,6-7H2/t10-/m1/s1. The maximum Gasteiger partial charge on any atom is 0.150 e. The number of hydrogen-bond acceptors (Lipinski definition) is 2. The monoisotopic (exact) mass is 346 g/mol. The van der Waals surface area contributed by atoms with Gasteiger partial charge >= 0.3 is 0 Å². The van der Waals surface area contributed by atoms with Gasteiger partial charge in [-0.3, -0.25) is 0 Å². The molecule has 3 rings (SSSR count). The summed E-state index contributed by atoms with van der Waals surface area (Å²) in [6, 6.07) is 5.08. The van der Waals surface area contributed by atoms with Crippen LogP contribution in [0.4, 0.5) is 4.39 Å². The minimum atomic E-state index is -0.214. The van der Waals surface area contributed by atoms with Crippen LogP contribution in [0.15, 0.2) is 18.2 Å². The number of benzene rings is 1. The molecule has 1 aliphatic rings. The van der Waals surface area contributed by atoms with Gasteiger partial charge in [0.2, 0.25) is 0 Å². The van der Waals surface area contributed by atoms with E-state index in [2.05, 4.69) is 27.7 Å². The van der Waals surface area contributed by atoms with Crippen molar-refractivity contribution in [1.29, 1.82) is 0 Å². The number of nitrogens with zero attached hydrogens (tertiary/aromatic N) is 2. The summed E-state index contributed by atoms with van der Waals surface area (Å²) in [6.07, 6.45) is 3.14. The Kier molecular flexibility index (Phi) is 3.04. The van der Waals surface area contributed by atoms with E-state index in [1.165, 1.54) is 6.07 Å². The molecule has 1 aromatic heterocycles. The minimum Gasteiger partial charge on any atom is -0.356 e. The van der Waals surface area contributed by atoms with Crippen LogP contribution in [0.25, 0.3) is 10.9 Å². The first-order valence-corrected chi connectivity index (χ1v) is 6.79. The van der Waals surface area contributed by atoms with Crippen LogP contribution in [0.1, 0.15) is 25.5 Å². The molecule has 3 nitrogen and oxygen atoms in total. The second-order valence-electron chi connectivity index (χ2n) is 4.19.